The van der Waals surface area contributed by atoms with E-state index in [-0.39, 0.29) is 6.04 Å². The van der Waals surface area contributed by atoms with Crippen LogP contribution in [0.4, 0.5) is 0 Å². The van der Waals surface area contributed by atoms with Crippen LogP contribution in [0.2, 0.25) is 0 Å². The number of hydrogen-bond acceptors (Lipinski definition) is 4. The molecule has 2 unspecified atom stereocenters. The van der Waals surface area contributed by atoms with E-state index in [1.165, 1.54) is 5.56 Å². The average molecular weight is 354 g/mol. The van der Waals surface area contributed by atoms with Crippen molar-refractivity contribution in [2.45, 2.75) is 38.8 Å². The van der Waals surface area contributed by atoms with Gasteiger partial charge in [-0.05, 0) is 25.3 Å². The highest BCUT2D eigenvalue weighted by molar-refractivity contribution is 5.80. The number of aryl methyl sites for hydroxylation is 2. The number of para-hydroxylation sites is 1. The minimum absolute atomic E-state index is 0.226. The molecule has 0 saturated carbocycles. The van der Waals surface area contributed by atoms with Crippen molar-refractivity contribution in [3.8, 4) is 5.75 Å². The smallest absolute Gasteiger partial charge is 0.191 e. The Balaban J connectivity index is 1.36. The van der Waals surface area contributed by atoms with E-state index < -0.39 is 0 Å². The topological polar surface area (TPSA) is 76.4 Å². The van der Waals surface area contributed by atoms with Gasteiger partial charge in [-0.1, -0.05) is 18.2 Å². The molecule has 0 saturated heterocycles. The molecule has 2 aromatic rings. The van der Waals surface area contributed by atoms with E-state index in [2.05, 4.69) is 42.5 Å². The van der Waals surface area contributed by atoms with Crippen molar-refractivity contribution in [3.63, 3.8) is 0 Å². The molecule has 1 aromatic carbocycles. The fraction of sp³-hybridized carbons (Fsp3) is 0.526. The largest absolute Gasteiger partial charge is 0.493 e. The van der Waals surface area contributed by atoms with Gasteiger partial charge in [-0.2, -0.15) is 0 Å². The lowest BCUT2D eigenvalue weighted by molar-refractivity contribution is 0.261. The van der Waals surface area contributed by atoms with Crippen molar-refractivity contribution in [1.82, 2.24) is 25.4 Å². The number of rotatable bonds is 3. The molecule has 2 N–H and O–H groups in total. The van der Waals surface area contributed by atoms with Gasteiger partial charge in [-0.25, -0.2) is 0 Å². The quantitative estimate of drug-likeness (QED) is 0.650. The third kappa shape index (κ3) is 3.38. The number of ether oxygens (including phenoxy) is 1. The first kappa shape index (κ1) is 16.9. The van der Waals surface area contributed by atoms with E-state index in [4.69, 9.17) is 4.74 Å². The number of nitrogens with one attached hydrogen (secondary N) is 2. The van der Waals surface area contributed by atoms with E-state index in [1.807, 2.05) is 26.1 Å². The van der Waals surface area contributed by atoms with E-state index in [0.29, 0.717) is 5.92 Å². The fourth-order valence-corrected chi connectivity index (χ4v) is 3.79. The summed E-state index contributed by atoms with van der Waals surface area (Å²) in [7, 11) is 1.82. The zero-order valence-corrected chi connectivity index (χ0v) is 15.4. The lowest BCUT2D eigenvalue weighted by Gasteiger charge is -2.29. The number of fused-ring (bicyclic) bond motifs is 2. The predicted octanol–water partition coefficient (Wildman–Crippen LogP) is 1.84. The van der Waals surface area contributed by atoms with Crippen LogP contribution in [0.5, 0.6) is 5.75 Å². The molecule has 4 rings (SSSR count). The van der Waals surface area contributed by atoms with Crippen molar-refractivity contribution >= 4 is 5.96 Å². The van der Waals surface area contributed by atoms with Gasteiger partial charge in [-0.3, -0.25) is 4.99 Å². The first-order valence-electron chi connectivity index (χ1n) is 9.32. The number of guanidine groups is 1. The minimum atomic E-state index is 0.226. The molecule has 0 spiro atoms. The second kappa shape index (κ2) is 7.35. The lowest BCUT2D eigenvalue weighted by Crippen LogP contribution is -2.43. The minimum Gasteiger partial charge on any atom is -0.493 e. The van der Waals surface area contributed by atoms with Crippen LogP contribution in [0, 0.1) is 12.8 Å². The van der Waals surface area contributed by atoms with Crippen LogP contribution >= 0.6 is 0 Å². The van der Waals surface area contributed by atoms with Crippen LogP contribution in [-0.4, -0.2) is 40.9 Å². The number of aromatic nitrogens is 3. The summed E-state index contributed by atoms with van der Waals surface area (Å²) in [6.45, 7) is 4.61. The maximum absolute atomic E-state index is 5.75. The van der Waals surface area contributed by atoms with Gasteiger partial charge in [0.1, 0.15) is 17.4 Å². The third-order valence-corrected chi connectivity index (χ3v) is 5.28. The summed E-state index contributed by atoms with van der Waals surface area (Å²) in [5, 5.41) is 15.5. The summed E-state index contributed by atoms with van der Waals surface area (Å²) < 4.78 is 7.98. The number of aliphatic imine (C=N–C) groups is 1. The molecule has 138 valence electrons. The van der Waals surface area contributed by atoms with Gasteiger partial charge < -0.3 is 19.9 Å². The highest BCUT2D eigenvalue weighted by atomic mass is 16.5. The Hall–Kier alpha value is -2.57. The predicted molar refractivity (Wildman–Crippen MR) is 100 cm³/mol. The SMILES string of the molecule is CN=C(NCC1CCc2nnc(C)n2C1)NC1CCOc2ccccc21. The highest BCUT2D eigenvalue weighted by Gasteiger charge is 2.24. The molecule has 1 aromatic heterocycles. The molecule has 3 heterocycles. The molecule has 2 atom stereocenters. The van der Waals surface area contributed by atoms with E-state index >= 15 is 0 Å². The number of nitrogens with zero attached hydrogens (tertiary/aromatic N) is 4. The summed E-state index contributed by atoms with van der Waals surface area (Å²) in [5.74, 6) is 4.48. The lowest BCUT2D eigenvalue weighted by atomic mass is 9.99. The van der Waals surface area contributed by atoms with Crippen LogP contribution in [0.1, 0.15) is 36.1 Å². The third-order valence-electron chi connectivity index (χ3n) is 5.28. The van der Waals surface area contributed by atoms with Gasteiger partial charge in [0.15, 0.2) is 5.96 Å². The first-order chi connectivity index (χ1) is 12.7. The van der Waals surface area contributed by atoms with Gasteiger partial charge in [0, 0.05) is 38.5 Å². The molecule has 0 aliphatic carbocycles. The highest BCUT2D eigenvalue weighted by Crippen LogP contribution is 2.31. The van der Waals surface area contributed by atoms with Crippen molar-refractivity contribution in [3.05, 3.63) is 41.5 Å². The monoisotopic (exact) mass is 354 g/mol. The van der Waals surface area contributed by atoms with Crippen molar-refractivity contribution < 1.29 is 4.74 Å². The average Bonchev–Trinajstić information content (AvgIpc) is 3.05. The molecule has 0 radical (unpaired) electrons. The van der Waals surface area contributed by atoms with E-state index in [0.717, 1.165) is 62.3 Å². The second-order valence-corrected chi connectivity index (χ2v) is 7.00. The number of benzene rings is 1. The summed E-state index contributed by atoms with van der Waals surface area (Å²) >= 11 is 0. The van der Waals surface area contributed by atoms with Crippen molar-refractivity contribution in [2.75, 3.05) is 20.2 Å². The van der Waals surface area contributed by atoms with Crippen LogP contribution in [0.25, 0.3) is 0 Å². The van der Waals surface area contributed by atoms with Gasteiger partial charge >= 0.3 is 0 Å². The Morgan fingerprint density at radius 3 is 3.08 bits per heavy atom. The molecule has 26 heavy (non-hydrogen) atoms. The van der Waals surface area contributed by atoms with Gasteiger partial charge in [-0.15, -0.1) is 10.2 Å². The van der Waals surface area contributed by atoms with Crippen molar-refractivity contribution in [2.24, 2.45) is 10.9 Å². The van der Waals surface area contributed by atoms with E-state index in [9.17, 15) is 0 Å². The molecular weight excluding hydrogens is 328 g/mol. The van der Waals surface area contributed by atoms with Crippen LogP contribution in [-0.2, 0) is 13.0 Å². The molecule has 2 aliphatic heterocycles. The molecule has 7 heteroatoms. The standard InChI is InChI=1S/C19H26N6O/c1-13-23-24-18-8-7-14(12-25(13)18)11-21-19(20-2)22-16-9-10-26-17-6-4-3-5-15(16)17/h3-6,14,16H,7-12H2,1-2H3,(H2,20,21,22). The molecule has 0 amide bonds. The summed E-state index contributed by atoms with van der Waals surface area (Å²) in [6, 6.07) is 8.44. The maximum atomic E-state index is 5.75. The Morgan fingerprint density at radius 2 is 2.19 bits per heavy atom. The summed E-state index contributed by atoms with van der Waals surface area (Å²) in [4.78, 5) is 4.41. The molecule has 0 fully saturated rings. The normalized spacial score (nSPS) is 22.2. The first-order valence-corrected chi connectivity index (χ1v) is 9.32. The molecule has 0 bridgehead atoms. The van der Waals surface area contributed by atoms with Crippen LogP contribution in [0.15, 0.2) is 29.3 Å². The zero-order valence-electron chi connectivity index (χ0n) is 15.4. The Kier molecular flexibility index (Phi) is 4.77. The van der Waals surface area contributed by atoms with E-state index in [1.54, 1.807) is 0 Å². The summed E-state index contributed by atoms with van der Waals surface area (Å²) in [6.07, 6.45) is 3.05. The Labute approximate surface area is 153 Å². The molecule has 7 nitrogen and oxygen atoms in total. The van der Waals surface area contributed by atoms with Crippen molar-refractivity contribution in [1.29, 1.82) is 0 Å². The van der Waals surface area contributed by atoms with Gasteiger partial charge in [0.25, 0.3) is 0 Å². The maximum Gasteiger partial charge on any atom is 0.191 e. The fourth-order valence-electron chi connectivity index (χ4n) is 3.79. The molecular formula is C19H26N6O. The Bertz CT molecular complexity index is 799. The zero-order chi connectivity index (χ0) is 17.9. The van der Waals surface area contributed by atoms with Crippen LogP contribution in [0.3, 0.4) is 0 Å². The van der Waals surface area contributed by atoms with Gasteiger partial charge in [0.05, 0.1) is 12.6 Å². The Morgan fingerprint density at radius 1 is 1.31 bits per heavy atom. The van der Waals surface area contributed by atoms with Crippen LogP contribution < -0.4 is 15.4 Å². The second-order valence-electron chi connectivity index (χ2n) is 7.00. The van der Waals surface area contributed by atoms with Gasteiger partial charge in [0.2, 0.25) is 0 Å². The number of hydrogen-bond donors (Lipinski definition) is 2. The summed E-state index contributed by atoms with van der Waals surface area (Å²) in [5.41, 5.74) is 1.20. The molecule has 2 aliphatic rings.